The molecule has 0 amide bonds. The molecule has 0 spiro atoms. The molecule has 0 heterocycles. The molecule has 0 saturated carbocycles. The molecule has 0 fully saturated rings. The van der Waals surface area contributed by atoms with Crippen LogP contribution in [0.25, 0.3) is 0 Å². The summed E-state index contributed by atoms with van der Waals surface area (Å²) in [5.74, 6) is -0.465. The van der Waals surface area contributed by atoms with Crippen molar-refractivity contribution in [3.8, 4) is 6.07 Å². The van der Waals surface area contributed by atoms with Gasteiger partial charge in [0.05, 0.1) is 19.8 Å². The summed E-state index contributed by atoms with van der Waals surface area (Å²) in [6.07, 6.45) is -0.108. The highest BCUT2D eigenvalue weighted by Crippen LogP contribution is 1.95. The van der Waals surface area contributed by atoms with Gasteiger partial charge in [-0.3, -0.25) is 4.79 Å². The van der Waals surface area contributed by atoms with E-state index in [2.05, 4.69) is 4.74 Å². The standard InChI is InChI=1S/C8H14N2O3/c1-6(5-9)13-4-3-7(10)8(11)12-2/h6-7H,3-4,10H2,1-2H3. The molecule has 0 saturated heterocycles. The van der Waals surface area contributed by atoms with Crippen LogP contribution in [0.2, 0.25) is 0 Å². The molecule has 2 atom stereocenters. The number of carbonyl (C=O) groups is 1. The summed E-state index contributed by atoms with van der Waals surface area (Å²) in [5, 5.41) is 8.36. The molecule has 5 heteroatoms. The van der Waals surface area contributed by atoms with E-state index in [1.807, 2.05) is 6.07 Å². The van der Waals surface area contributed by atoms with Crippen molar-refractivity contribution in [2.24, 2.45) is 5.73 Å². The molecule has 0 aliphatic carbocycles. The minimum Gasteiger partial charge on any atom is -0.468 e. The maximum absolute atomic E-state index is 10.8. The summed E-state index contributed by atoms with van der Waals surface area (Å²) in [7, 11) is 1.28. The molecule has 0 rings (SSSR count). The van der Waals surface area contributed by atoms with Gasteiger partial charge in [-0.25, -0.2) is 0 Å². The number of hydrogen-bond donors (Lipinski definition) is 1. The number of ether oxygens (including phenoxy) is 2. The maximum atomic E-state index is 10.8. The van der Waals surface area contributed by atoms with E-state index in [-0.39, 0.29) is 6.61 Å². The fraction of sp³-hybridized carbons (Fsp3) is 0.750. The van der Waals surface area contributed by atoms with Crippen molar-refractivity contribution in [3.63, 3.8) is 0 Å². The van der Waals surface area contributed by atoms with E-state index in [9.17, 15) is 4.79 Å². The second-order valence-electron chi connectivity index (χ2n) is 2.56. The Morgan fingerprint density at radius 3 is 2.77 bits per heavy atom. The molecule has 2 unspecified atom stereocenters. The fourth-order valence-electron chi connectivity index (χ4n) is 0.678. The zero-order chi connectivity index (χ0) is 10.3. The Morgan fingerprint density at radius 1 is 1.69 bits per heavy atom. The van der Waals surface area contributed by atoms with E-state index in [1.165, 1.54) is 7.11 Å². The molecule has 0 radical (unpaired) electrons. The van der Waals surface area contributed by atoms with Gasteiger partial charge in [0.2, 0.25) is 0 Å². The molecular weight excluding hydrogens is 172 g/mol. The van der Waals surface area contributed by atoms with E-state index in [0.717, 1.165) is 0 Å². The maximum Gasteiger partial charge on any atom is 0.322 e. The number of rotatable bonds is 5. The number of hydrogen-bond acceptors (Lipinski definition) is 5. The molecule has 0 aliphatic rings. The molecule has 0 aromatic rings. The van der Waals surface area contributed by atoms with Gasteiger partial charge in [-0.05, 0) is 13.3 Å². The molecule has 13 heavy (non-hydrogen) atoms. The van der Waals surface area contributed by atoms with E-state index in [1.54, 1.807) is 6.92 Å². The Balaban J connectivity index is 3.54. The molecule has 5 nitrogen and oxygen atoms in total. The second kappa shape index (κ2) is 6.40. The molecule has 0 bridgehead atoms. The summed E-state index contributed by atoms with van der Waals surface area (Å²) in [6.45, 7) is 1.91. The Morgan fingerprint density at radius 2 is 2.31 bits per heavy atom. The zero-order valence-electron chi connectivity index (χ0n) is 7.82. The lowest BCUT2D eigenvalue weighted by molar-refractivity contribution is -0.142. The van der Waals surface area contributed by atoms with E-state index in [0.29, 0.717) is 6.42 Å². The van der Waals surface area contributed by atoms with E-state index in [4.69, 9.17) is 15.7 Å². The lowest BCUT2D eigenvalue weighted by atomic mass is 10.2. The van der Waals surface area contributed by atoms with Crippen LogP contribution in [0.1, 0.15) is 13.3 Å². The van der Waals surface area contributed by atoms with Crippen LogP contribution in [0, 0.1) is 11.3 Å². The van der Waals surface area contributed by atoms with Gasteiger partial charge >= 0.3 is 5.97 Å². The van der Waals surface area contributed by atoms with Crippen LogP contribution in [0.5, 0.6) is 0 Å². The van der Waals surface area contributed by atoms with E-state index < -0.39 is 18.1 Å². The Kier molecular flexibility index (Phi) is 5.85. The Bertz CT molecular complexity index is 200. The third-order valence-electron chi connectivity index (χ3n) is 1.48. The van der Waals surface area contributed by atoms with Crippen LogP contribution in [0.3, 0.4) is 0 Å². The highest BCUT2D eigenvalue weighted by molar-refractivity contribution is 5.75. The van der Waals surface area contributed by atoms with Crippen molar-refractivity contribution in [1.29, 1.82) is 5.26 Å². The first-order valence-electron chi connectivity index (χ1n) is 3.96. The SMILES string of the molecule is COC(=O)C(N)CCOC(C)C#N. The monoisotopic (exact) mass is 186 g/mol. The lowest BCUT2D eigenvalue weighted by Gasteiger charge is -2.09. The first kappa shape index (κ1) is 11.9. The third kappa shape index (κ3) is 5.17. The molecule has 2 N–H and O–H groups in total. The van der Waals surface area contributed by atoms with Crippen molar-refractivity contribution in [2.75, 3.05) is 13.7 Å². The molecule has 74 valence electrons. The van der Waals surface area contributed by atoms with Gasteiger partial charge in [0.15, 0.2) is 0 Å². The van der Waals surface area contributed by atoms with Gasteiger partial charge in [0, 0.05) is 0 Å². The van der Waals surface area contributed by atoms with Crippen molar-refractivity contribution in [1.82, 2.24) is 0 Å². The molecule has 0 aliphatic heterocycles. The van der Waals surface area contributed by atoms with Crippen LogP contribution in [0.4, 0.5) is 0 Å². The highest BCUT2D eigenvalue weighted by atomic mass is 16.5. The van der Waals surface area contributed by atoms with Gasteiger partial charge < -0.3 is 15.2 Å². The Labute approximate surface area is 77.4 Å². The summed E-state index contributed by atoms with van der Waals surface area (Å²) in [6, 6.07) is 1.23. The first-order chi connectivity index (χ1) is 6.11. The lowest BCUT2D eigenvalue weighted by Crippen LogP contribution is -2.33. The van der Waals surface area contributed by atoms with Crippen LogP contribution in [-0.4, -0.2) is 31.8 Å². The van der Waals surface area contributed by atoms with Crippen LogP contribution in [-0.2, 0) is 14.3 Å². The number of esters is 1. The number of nitriles is 1. The van der Waals surface area contributed by atoms with Crippen molar-refractivity contribution < 1.29 is 14.3 Å². The summed E-state index contributed by atoms with van der Waals surface area (Å²) >= 11 is 0. The largest absolute Gasteiger partial charge is 0.468 e. The smallest absolute Gasteiger partial charge is 0.322 e. The van der Waals surface area contributed by atoms with Gasteiger partial charge in [-0.1, -0.05) is 0 Å². The molecule has 0 aromatic carbocycles. The van der Waals surface area contributed by atoms with E-state index >= 15 is 0 Å². The zero-order valence-corrected chi connectivity index (χ0v) is 7.82. The van der Waals surface area contributed by atoms with Gasteiger partial charge in [-0.2, -0.15) is 5.26 Å². The van der Waals surface area contributed by atoms with Crippen LogP contribution in [0.15, 0.2) is 0 Å². The number of nitrogens with zero attached hydrogens (tertiary/aromatic N) is 1. The van der Waals surface area contributed by atoms with Crippen molar-refractivity contribution in [3.05, 3.63) is 0 Å². The second-order valence-corrected chi connectivity index (χ2v) is 2.56. The van der Waals surface area contributed by atoms with Crippen LogP contribution >= 0.6 is 0 Å². The topological polar surface area (TPSA) is 85.3 Å². The normalized spacial score (nSPS) is 14.3. The quantitative estimate of drug-likeness (QED) is 0.601. The van der Waals surface area contributed by atoms with Crippen molar-refractivity contribution >= 4 is 5.97 Å². The predicted octanol–water partition coefficient (Wildman–Crippen LogP) is -0.195. The number of methoxy groups -OCH3 is 1. The fourth-order valence-corrected chi connectivity index (χ4v) is 0.678. The van der Waals surface area contributed by atoms with Gasteiger partial charge in [0.1, 0.15) is 12.1 Å². The number of carbonyl (C=O) groups excluding carboxylic acids is 1. The molecule has 0 aromatic heterocycles. The minimum atomic E-state index is -0.670. The van der Waals surface area contributed by atoms with Gasteiger partial charge in [-0.15, -0.1) is 0 Å². The number of nitrogens with two attached hydrogens (primary N) is 1. The summed E-state index contributed by atoms with van der Waals surface area (Å²) < 4.78 is 9.42. The predicted molar refractivity (Wildman–Crippen MR) is 45.6 cm³/mol. The summed E-state index contributed by atoms with van der Waals surface area (Å²) in [4.78, 5) is 10.8. The average molecular weight is 186 g/mol. The third-order valence-corrected chi connectivity index (χ3v) is 1.48. The highest BCUT2D eigenvalue weighted by Gasteiger charge is 2.13. The molecular formula is C8H14N2O3. The Hall–Kier alpha value is -1.12. The first-order valence-corrected chi connectivity index (χ1v) is 3.96. The summed E-state index contributed by atoms with van der Waals surface area (Å²) in [5.41, 5.74) is 5.42. The van der Waals surface area contributed by atoms with Gasteiger partial charge in [0.25, 0.3) is 0 Å². The van der Waals surface area contributed by atoms with Crippen LogP contribution < -0.4 is 5.73 Å². The average Bonchev–Trinajstić information content (AvgIpc) is 2.15. The van der Waals surface area contributed by atoms with Crippen molar-refractivity contribution in [2.45, 2.75) is 25.5 Å². The minimum absolute atomic E-state index is 0.283.